The van der Waals surface area contributed by atoms with Crippen LogP contribution < -0.4 is 0 Å². The lowest BCUT2D eigenvalue weighted by Gasteiger charge is -2.08. The topological polar surface area (TPSA) is 25.8 Å². The van der Waals surface area contributed by atoms with E-state index in [2.05, 4.69) is 9.97 Å². The van der Waals surface area contributed by atoms with Gasteiger partial charge in [0.2, 0.25) is 0 Å². The van der Waals surface area contributed by atoms with Crippen molar-refractivity contribution in [3.63, 3.8) is 0 Å². The Morgan fingerprint density at radius 3 is 2.14 bits per heavy atom. The zero-order chi connectivity index (χ0) is 10.8. The summed E-state index contributed by atoms with van der Waals surface area (Å²) in [7, 11) is 0. The molecule has 1 unspecified atom stereocenters. The van der Waals surface area contributed by atoms with Gasteiger partial charge >= 0.3 is 6.18 Å². The van der Waals surface area contributed by atoms with Crippen molar-refractivity contribution in [3.05, 3.63) is 23.8 Å². The molecule has 14 heavy (non-hydrogen) atoms. The van der Waals surface area contributed by atoms with E-state index < -0.39 is 11.7 Å². The second-order valence-corrected chi connectivity index (χ2v) is 3.14. The standard InChI is InChI=1S/C9H11F3N2/c1-3-6(2)8-13-4-7(5-14-8)9(10,11)12/h4-6H,3H2,1-2H3. The van der Waals surface area contributed by atoms with E-state index in [0.717, 1.165) is 18.8 Å². The Balaban J connectivity index is 2.89. The Morgan fingerprint density at radius 1 is 1.29 bits per heavy atom. The van der Waals surface area contributed by atoms with Crippen LogP contribution in [0.4, 0.5) is 13.2 Å². The van der Waals surface area contributed by atoms with Crippen LogP contribution in [0.1, 0.15) is 37.6 Å². The van der Waals surface area contributed by atoms with Gasteiger partial charge in [-0.15, -0.1) is 0 Å². The first-order chi connectivity index (χ1) is 6.45. The van der Waals surface area contributed by atoms with Gasteiger partial charge in [0.1, 0.15) is 5.82 Å². The summed E-state index contributed by atoms with van der Waals surface area (Å²) in [4.78, 5) is 7.37. The van der Waals surface area contributed by atoms with E-state index in [1.54, 1.807) is 0 Å². The fourth-order valence-corrected chi connectivity index (χ4v) is 0.921. The maximum absolute atomic E-state index is 12.1. The lowest BCUT2D eigenvalue weighted by Crippen LogP contribution is -2.08. The minimum Gasteiger partial charge on any atom is -0.240 e. The summed E-state index contributed by atoms with van der Waals surface area (Å²) in [5, 5.41) is 0. The van der Waals surface area contributed by atoms with Crippen molar-refractivity contribution in [2.75, 3.05) is 0 Å². The molecule has 0 aliphatic rings. The van der Waals surface area contributed by atoms with E-state index in [1.807, 2.05) is 13.8 Å². The molecule has 0 spiro atoms. The lowest BCUT2D eigenvalue weighted by molar-refractivity contribution is -0.138. The number of aromatic nitrogens is 2. The largest absolute Gasteiger partial charge is 0.419 e. The molecule has 0 aliphatic heterocycles. The van der Waals surface area contributed by atoms with Gasteiger partial charge in [0, 0.05) is 18.3 Å². The third-order valence-electron chi connectivity index (χ3n) is 2.05. The molecule has 1 heterocycles. The van der Waals surface area contributed by atoms with Crippen LogP contribution >= 0.6 is 0 Å². The molecule has 0 radical (unpaired) electrons. The van der Waals surface area contributed by atoms with Crippen molar-refractivity contribution >= 4 is 0 Å². The van der Waals surface area contributed by atoms with Crippen LogP contribution in [-0.4, -0.2) is 9.97 Å². The fraction of sp³-hybridized carbons (Fsp3) is 0.556. The number of halogens is 3. The van der Waals surface area contributed by atoms with Crippen LogP contribution in [0.2, 0.25) is 0 Å². The van der Waals surface area contributed by atoms with Crippen LogP contribution in [0, 0.1) is 0 Å². The molecule has 0 saturated carbocycles. The Bertz CT molecular complexity index is 292. The smallest absolute Gasteiger partial charge is 0.240 e. The predicted octanol–water partition coefficient (Wildman–Crippen LogP) is 3.01. The summed E-state index contributed by atoms with van der Waals surface area (Å²) in [5.74, 6) is 0.554. The van der Waals surface area contributed by atoms with Gasteiger partial charge in [-0.3, -0.25) is 0 Å². The van der Waals surface area contributed by atoms with Gasteiger partial charge in [0.25, 0.3) is 0 Å². The molecule has 0 bridgehead atoms. The van der Waals surface area contributed by atoms with Crippen molar-refractivity contribution in [1.82, 2.24) is 9.97 Å². The Labute approximate surface area is 80.2 Å². The van der Waals surface area contributed by atoms with Crippen LogP contribution in [0.3, 0.4) is 0 Å². The number of alkyl halides is 3. The molecule has 2 nitrogen and oxygen atoms in total. The van der Waals surface area contributed by atoms with Gasteiger partial charge in [-0.25, -0.2) is 9.97 Å². The summed E-state index contributed by atoms with van der Waals surface area (Å²) in [6.45, 7) is 3.81. The van der Waals surface area contributed by atoms with Gasteiger partial charge in [0.05, 0.1) is 5.56 Å². The van der Waals surface area contributed by atoms with Crippen molar-refractivity contribution < 1.29 is 13.2 Å². The highest BCUT2D eigenvalue weighted by atomic mass is 19.4. The van der Waals surface area contributed by atoms with Gasteiger partial charge < -0.3 is 0 Å². The second kappa shape index (κ2) is 3.94. The van der Waals surface area contributed by atoms with Crippen LogP contribution in [0.5, 0.6) is 0 Å². The van der Waals surface area contributed by atoms with E-state index in [-0.39, 0.29) is 5.92 Å². The summed E-state index contributed by atoms with van der Waals surface area (Å²) in [6.07, 6.45) is -1.89. The molecule has 0 amide bonds. The average Bonchev–Trinajstić information content (AvgIpc) is 2.15. The number of hydrogen-bond acceptors (Lipinski definition) is 2. The van der Waals surface area contributed by atoms with E-state index >= 15 is 0 Å². The van der Waals surface area contributed by atoms with Crippen molar-refractivity contribution in [3.8, 4) is 0 Å². The Kier molecular flexibility index (Phi) is 3.08. The maximum atomic E-state index is 12.1. The van der Waals surface area contributed by atoms with Crippen LogP contribution in [-0.2, 0) is 6.18 Å². The van der Waals surface area contributed by atoms with Crippen LogP contribution in [0.15, 0.2) is 12.4 Å². The number of nitrogens with zero attached hydrogens (tertiary/aromatic N) is 2. The molecule has 1 rings (SSSR count). The molecular weight excluding hydrogens is 193 g/mol. The third kappa shape index (κ3) is 2.43. The van der Waals surface area contributed by atoms with Crippen molar-refractivity contribution in [1.29, 1.82) is 0 Å². The molecule has 0 aliphatic carbocycles. The van der Waals surface area contributed by atoms with Crippen molar-refractivity contribution in [2.45, 2.75) is 32.4 Å². The minimum atomic E-state index is -4.35. The summed E-state index contributed by atoms with van der Waals surface area (Å²) >= 11 is 0. The summed E-state index contributed by atoms with van der Waals surface area (Å²) in [6, 6.07) is 0. The third-order valence-corrected chi connectivity index (χ3v) is 2.05. The van der Waals surface area contributed by atoms with Gasteiger partial charge in [-0.2, -0.15) is 13.2 Å². The van der Waals surface area contributed by atoms with E-state index in [4.69, 9.17) is 0 Å². The monoisotopic (exact) mass is 204 g/mol. The highest BCUT2D eigenvalue weighted by Gasteiger charge is 2.31. The number of hydrogen-bond donors (Lipinski definition) is 0. The lowest BCUT2D eigenvalue weighted by atomic mass is 10.1. The molecule has 1 aromatic heterocycles. The number of rotatable bonds is 2. The Hall–Kier alpha value is -1.13. The summed E-state index contributed by atoms with van der Waals surface area (Å²) < 4.78 is 36.4. The van der Waals surface area contributed by atoms with Crippen LogP contribution in [0.25, 0.3) is 0 Å². The van der Waals surface area contributed by atoms with Crippen molar-refractivity contribution in [2.24, 2.45) is 0 Å². The molecule has 0 aromatic carbocycles. The van der Waals surface area contributed by atoms with E-state index in [0.29, 0.717) is 5.82 Å². The predicted molar refractivity (Wildman–Crippen MR) is 45.7 cm³/mol. The van der Waals surface area contributed by atoms with E-state index in [9.17, 15) is 13.2 Å². The first kappa shape index (κ1) is 10.9. The zero-order valence-corrected chi connectivity index (χ0v) is 7.97. The molecule has 0 fully saturated rings. The Morgan fingerprint density at radius 2 is 1.79 bits per heavy atom. The normalized spacial score (nSPS) is 14.1. The SMILES string of the molecule is CCC(C)c1ncc(C(F)(F)F)cn1. The molecule has 1 aromatic rings. The zero-order valence-electron chi connectivity index (χ0n) is 7.97. The molecule has 1 atom stereocenters. The fourth-order valence-electron chi connectivity index (χ4n) is 0.921. The summed E-state index contributed by atoms with van der Waals surface area (Å²) in [5.41, 5.74) is -0.801. The van der Waals surface area contributed by atoms with E-state index in [1.165, 1.54) is 0 Å². The second-order valence-electron chi connectivity index (χ2n) is 3.14. The first-order valence-electron chi connectivity index (χ1n) is 4.34. The highest BCUT2D eigenvalue weighted by Crippen LogP contribution is 2.28. The average molecular weight is 204 g/mol. The molecule has 5 heteroatoms. The van der Waals surface area contributed by atoms with Gasteiger partial charge in [-0.05, 0) is 6.42 Å². The van der Waals surface area contributed by atoms with Gasteiger partial charge in [-0.1, -0.05) is 13.8 Å². The molecule has 78 valence electrons. The molecular formula is C9H11F3N2. The minimum absolute atomic E-state index is 0.0947. The highest BCUT2D eigenvalue weighted by molar-refractivity contribution is 5.10. The quantitative estimate of drug-likeness (QED) is 0.740. The maximum Gasteiger partial charge on any atom is 0.419 e. The molecule has 0 N–H and O–H groups in total. The molecule has 0 saturated heterocycles. The first-order valence-corrected chi connectivity index (χ1v) is 4.34. The van der Waals surface area contributed by atoms with Gasteiger partial charge in [0.15, 0.2) is 0 Å².